The van der Waals surface area contributed by atoms with E-state index in [1.807, 2.05) is 11.0 Å². The second-order valence-corrected chi connectivity index (χ2v) is 6.03. The van der Waals surface area contributed by atoms with Crippen LogP contribution in [0.4, 0.5) is 0 Å². The minimum atomic E-state index is 0.117. The summed E-state index contributed by atoms with van der Waals surface area (Å²) in [7, 11) is 0. The summed E-state index contributed by atoms with van der Waals surface area (Å²) in [5.41, 5.74) is 7.08. The Morgan fingerprint density at radius 1 is 1.29 bits per heavy atom. The van der Waals surface area contributed by atoms with E-state index in [-0.39, 0.29) is 5.91 Å². The predicted octanol–water partition coefficient (Wildman–Crippen LogP) is 1.24. The van der Waals surface area contributed by atoms with Crippen LogP contribution < -0.4 is 5.73 Å². The Kier molecular flexibility index (Phi) is 4.51. The van der Waals surface area contributed by atoms with E-state index >= 15 is 0 Å². The molecule has 0 aliphatic carbocycles. The van der Waals surface area contributed by atoms with Crippen LogP contribution in [0, 0.1) is 0 Å². The molecule has 0 saturated carbocycles. The maximum Gasteiger partial charge on any atom is 0.254 e. The summed E-state index contributed by atoms with van der Waals surface area (Å²) in [6.07, 6.45) is 6.72. The minimum Gasteiger partial charge on any atom is -0.337 e. The molecule has 2 fully saturated rings. The van der Waals surface area contributed by atoms with Crippen molar-refractivity contribution in [1.29, 1.82) is 0 Å². The fourth-order valence-corrected chi connectivity index (χ4v) is 3.41. The third-order valence-corrected chi connectivity index (χ3v) is 4.63. The molecule has 3 rings (SSSR count). The van der Waals surface area contributed by atoms with Crippen LogP contribution in [0.3, 0.4) is 0 Å². The number of nitrogens with zero attached hydrogens (tertiary/aromatic N) is 3. The van der Waals surface area contributed by atoms with E-state index in [2.05, 4.69) is 9.88 Å². The minimum absolute atomic E-state index is 0.117. The van der Waals surface area contributed by atoms with Crippen LogP contribution in [0.25, 0.3) is 0 Å². The smallest absolute Gasteiger partial charge is 0.254 e. The summed E-state index contributed by atoms with van der Waals surface area (Å²) < 4.78 is 0. The summed E-state index contributed by atoms with van der Waals surface area (Å²) in [5, 5.41) is 0. The normalized spacial score (nSPS) is 23.5. The lowest BCUT2D eigenvalue weighted by Crippen LogP contribution is -2.41. The molecule has 2 N–H and O–H groups in total. The standard InChI is InChI=1S/C16H24N4O/c17-11-14-10-13(4-6-18-14)16(21)20-9-5-15(12-20)19-7-2-1-3-8-19/h4,6,10,15H,1-3,5,7-9,11-12,17H2. The zero-order chi connectivity index (χ0) is 14.7. The average molecular weight is 288 g/mol. The van der Waals surface area contributed by atoms with Crippen molar-refractivity contribution in [2.24, 2.45) is 5.73 Å². The average Bonchev–Trinajstić information content (AvgIpc) is 3.05. The maximum atomic E-state index is 12.6. The maximum absolute atomic E-state index is 12.6. The zero-order valence-corrected chi connectivity index (χ0v) is 12.5. The van der Waals surface area contributed by atoms with Crippen molar-refractivity contribution in [2.75, 3.05) is 26.2 Å². The van der Waals surface area contributed by atoms with Gasteiger partial charge < -0.3 is 10.6 Å². The van der Waals surface area contributed by atoms with E-state index in [1.54, 1.807) is 12.3 Å². The number of piperidine rings is 1. The Balaban J connectivity index is 1.63. The molecule has 0 aromatic carbocycles. The first kappa shape index (κ1) is 14.5. The van der Waals surface area contributed by atoms with Gasteiger partial charge in [-0.2, -0.15) is 0 Å². The molecular formula is C16H24N4O. The van der Waals surface area contributed by atoms with Crippen LogP contribution >= 0.6 is 0 Å². The quantitative estimate of drug-likeness (QED) is 0.909. The molecule has 0 radical (unpaired) electrons. The molecule has 5 heteroatoms. The highest BCUT2D eigenvalue weighted by atomic mass is 16.2. The van der Waals surface area contributed by atoms with Crippen molar-refractivity contribution >= 4 is 5.91 Å². The van der Waals surface area contributed by atoms with Gasteiger partial charge in [-0.3, -0.25) is 14.7 Å². The molecule has 0 bridgehead atoms. The van der Waals surface area contributed by atoms with Crippen molar-refractivity contribution in [2.45, 2.75) is 38.3 Å². The molecule has 2 aliphatic heterocycles. The first-order chi connectivity index (χ1) is 10.3. The van der Waals surface area contributed by atoms with Gasteiger partial charge in [0.2, 0.25) is 0 Å². The van der Waals surface area contributed by atoms with Crippen LogP contribution in [0.2, 0.25) is 0 Å². The van der Waals surface area contributed by atoms with Gasteiger partial charge >= 0.3 is 0 Å². The number of carbonyl (C=O) groups excluding carboxylic acids is 1. The van der Waals surface area contributed by atoms with Crippen molar-refractivity contribution in [3.63, 3.8) is 0 Å². The van der Waals surface area contributed by atoms with E-state index in [0.717, 1.165) is 25.2 Å². The van der Waals surface area contributed by atoms with Crippen LogP contribution in [0.5, 0.6) is 0 Å². The molecule has 21 heavy (non-hydrogen) atoms. The Morgan fingerprint density at radius 2 is 2.10 bits per heavy atom. The van der Waals surface area contributed by atoms with Crippen molar-refractivity contribution in [3.8, 4) is 0 Å². The highest BCUT2D eigenvalue weighted by Gasteiger charge is 2.31. The molecule has 3 heterocycles. The van der Waals surface area contributed by atoms with E-state index in [4.69, 9.17) is 5.73 Å². The predicted molar refractivity (Wildman–Crippen MR) is 81.9 cm³/mol. The van der Waals surface area contributed by atoms with Gasteiger partial charge in [0.05, 0.1) is 5.69 Å². The summed E-state index contributed by atoms with van der Waals surface area (Å²) in [6.45, 7) is 4.48. The Labute approximate surface area is 126 Å². The van der Waals surface area contributed by atoms with Gasteiger partial charge in [0.15, 0.2) is 0 Å². The summed E-state index contributed by atoms with van der Waals surface area (Å²) >= 11 is 0. The highest BCUT2D eigenvalue weighted by molar-refractivity contribution is 5.94. The highest BCUT2D eigenvalue weighted by Crippen LogP contribution is 2.21. The van der Waals surface area contributed by atoms with E-state index in [1.165, 1.54) is 32.4 Å². The molecule has 2 aliphatic rings. The van der Waals surface area contributed by atoms with E-state index in [9.17, 15) is 4.79 Å². The fourth-order valence-electron chi connectivity index (χ4n) is 3.41. The first-order valence-corrected chi connectivity index (χ1v) is 7.96. The molecule has 5 nitrogen and oxygen atoms in total. The Hall–Kier alpha value is -1.46. The Bertz CT molecular complexity index is 499. The van der Waals surface area contributed by atoms with Crippen LogP contribution in [0.15, 0.2) is 18.3 Å². The molecule has 0 spiro atoms. The summed E-state index contributed by atoms with van der Waals surface area (Å²) in [4.78, 5) is 21.3. The van der Waals surface area contributed by atoms with Crippen molar-refractivity contribution in [1.82, 2.24) is 14.8 Å². The monoisotopic (exact) mass is 288 g/mol. The Morgan fingerprint density at radius 3 is 2.86 bits per heavy atom. The number of pyridine rings is 1. The van der Waals surface area contributed by atoms with E-state index in [0.29, 0.717) is 18.2 Å². The molecule has 1 aromatic rings. The second-order valence-electron chi connectivity index (χ2n) is 6.03. The lowest BCUT2D eigenvalue weighted by molar-refractivity contribution is 0.0771. The van der Waals surface area contributed by atoms with Gasteiger partial charge in [-0.05, 0) is 44.5 Å². The number of aromatic nitrogens is 1. The lowest BCUT2D eigenvalue weighted by atomic mass is 10.1. The third-order valence-electron chi connectivity index (χ3n) is 4.63. The van der Waals surface area contributed by atoms with Gasteiger partial charge in [0, 0.05) is 37.4 Å². The van der Waals surface area contributed by atoms with Crippen LogP contribution in [0.1, 0.15) is 41.7 Å². The molecule has 1 amide bonds. The summed E-state index contributed by atoms with van der Waals surface area (Å²) in [6, 6.07) is 4.15. The molecule has 114 valence electrons. The van der Waals surface area contributed by atoms with Crippen LogP contribution in [-0.2, 0) is 6.54 Å². The number of rotatable bonds is 3. The van der Waals surface area contributed by atoms with Crippen LogP contribution in [-0.4, -0.2) is 52.9 Å². The lowest BCUT2D eigenvalue weighted by Gasteiger charge is -2.32. The SMILES string of the molecule is NCc1cc(C(=O)N2CCC(N3CCCCC3)C2)ccn1. The van der Waals surface area contributed by atoms with Gasteiger partial charge in [-0.25, -0.2) is 0 Å². The van der Waals surface area contributed by atoms with Gasteiger partial charge in [0.25, 0.3) is 5.91 Å². The number of hydrogen-bond acceptors (Lipinski definition) is 4. The second kappa shape index (κ2) is 6.54. The number of carbonyl (C=O) groups is 1. The fraction of sp³-hybridized carbons (Fsp3) is 0.625. The third kappa shape index (κ3) is 3.24. The van der Waals surface area contributed by atoms with Gasteiger partial charge in [-0.15, -0.1) is 0 Å². The zero-order valence-electron chi connectivity index (χ0n) is 12.5. The molecular weight excluding hydrogens is 264 g/mol. The molecule has 1 unspecified atom stereocenters. The van der Waals surface area contributed by atoms with Gasteiger partial charge in [-0.1, -0.05) is 6.42 Å². The van der Waals surface area contributed by atoms with Crippen molar-refractivity contribution in [3.05, 3.63) is 29.6 Å². The summed E-state index contributed by atoms with van der Waals surface area (Å²) in [5.74, 6) is 0.117. The van der Waals surface area contributed by atoms with Crippen molar-refractivity contribution < 1.29 is 4.79 Å². The van der Waals surface area contributed by atoms with E-state index < -0.39 is 0 Å². The molecule has 1 aromatic heterocycles. The first-order valence-electron chi connectivity index (χ1n) is 7.96. The number of likely N-dealkylation sites (tertiary alicyclic amines) is 2. The molecule has 1 atom stereocenters. The van der Waals surface area contributed by atoms with Gasteiger partial charge in [0.1, 0.15) is 0 Å². The molecule has 2 saturated heterocycles. The topological polar surface area (TPSA) is 62.5 Å². The largest absolute Gasteiger partial charge is 0.337 e. The number of amides is 1. The number of nitrogens with two attached hydrogens (primary N) is 1. The number of hydrogen-bond donors (Lipinski definition) is 1.